The summed E-state index contributed by atoms with van der Waals surface area (Å²) in [4.78, 5) is 27.8. The first kappa shape index (κ1) is 21.6. The van der Waals surface area contributed by atoms with Gasteiger partial charge >= 0.3 is 5.69 Å². The van der Waals surface area contributed by atoms with Gasteiger partial charge in [-0.15, -0.1) is 0 Å². The molecular weight excluding hydrogens is 384 g/mol. The highest BCUT2D eigenvalue weighted by Gasteiger charge is 2.20. The topological polar surface area (TPSA) is 88.0 Å². The largest absolute Gasteiger partial charge is 0.487 e. The smallest absolute Gasteiger partial charge is 0.311 e. The van der Waals surface area contributed by atoms with Gasteiger partial charge in [0.05, 0.1) is 11.5 Å². The van der Waals surface area contributed by atoms with Crippen molar-refractivity contribution in [3.05, 3.63) is 63.7 Å². The van der Waals surface area contributed by atoms with Gasteiger partial charge in [-0.05, 0) is 43.7 Å². The van der Waals surface area contributed by atoms with E-state index in [1.807, 2.05) is 0 Å². The highest BCUT2D eigenvalue weighted by molar-refractivity contribution is 5.95. The summed E-state index contributed by atoms with van der Waals surface area (Å²) >= 11 is 0. The molecule has 0 bridgehead atoms. The summed E-state index contributed by atoms with van der Waals surface area (Å²) in [5.74, 6) is -0.148. The Balaban J connectivity index is 1.47. The van der Waals surface area contributed by atoms with Crippen LogP contribution in [0.4, 0.5) is 11.4 Å². The van der Waals surface area contributed by atoms with Gasteiger partial charge in [0, 0.05) is 56.6 Å². The number of hydrogen-bond acceptors (Lipinski definition) is 6. The van der Waals surface area contributed by atoms with Crippen LogP contribution in [-0.2, 0) is 0 Å². The minimum atomic E-state index is -0.532. The highest BCUT2D eigenvalue weighted by atomic mass is 16.6. The maximum absolute atomic E-state index is 12.4. The minimum Gasteiger partial charge on any atom is -0.487 e. The van der Waals surface area contributed by atoms with Gasteiger partial charge in [-0.2, -0.15) is 0 Å². The first-order chi connectivity index (χ1) is 14.5. The number of aryl methyl sites for hydroxylation is 1. The first-order valence-corrected chi connectivity index (χ1v) is 10.2. The number of ether oxygens (including phenoxy) is 1. The third-order valence-electron chi connectivity index (χ3n) is 5.17. The number of carbonyl (C=O) groups excluding carboxylic acids is 1. The Kier molecular flexibility index (Phi) is 7.24. The summed E-state index contributed by atoms with van der Waals surface area (Å²) in [7, 11) is 0. The lowest BCUT2D eigenvalue weighted by Crippen LogP contribution is -2.48. The summed E-state index contributed by atoms with van der Waals surface area (Å²) in [6.45, 7) is 9.16. The van der Waals surface area contributed by atoms with Crippen molar-refractivity contribution in [2.75, 3.05) is 50.8 Å². The molecule has 1 saturated heterocycles. The zero-order valence-corrected chi connectivity index (χ0v) is 17.5. The summed E-state index contributed by atoms with van der Waals surface area (Å²) in [6.07, 6.45) is 0. The fraction of sp³-hybridized carbons (Fsp3) is 0.409. The van der Waals surface area contributed by atoms with E-state index in [0.717, 1.165) is 32.7 Å². The molecule has 8 nitrogen and oxygen atoms in total. The fourth-order valence-corrected chi connectivity index (χ4v) is 3.56. The molecule has 1 heterocycles. The second-order valence-corrected chi connectivity index (χ2v) is 7.30. The van der Waals surface area contributed by atoms with Crippen LogP contribution in [0.2, 0.25) is 0 Å². The Morgan fingerprint density at radius 1 is 1.17 bits per heavy atom. The standard InChI is InChI=1S/C22H28N4O4/c1-3-30-21-8-7-18(16-20(21)26(28)29)22(27)23-9-10-24-11-13-25(14-12-24)19-6-4-5-17(2)15-19/h4-8,15-16H,3,9-14H2,1-2H3,(H,23,27). The molecule has 1 N–H and O–H groups in total. The molecular formula is C22H28N4O4. The van der Waals surface area contributed by atoms with Crippen molar-refractivity contribution >= 4 is 17.3 Å². The van der Waals surface area contributed by atoms with Crippen molar-refractivity contribution in [1.82, 2.24) is 10.2 Å². The van der Waals surface area contributed by atoms with E-state index in [4.69, 9.17) is 4.74 Å². The van der Waals surface area contributed by atoms with Crippen LogP contribution in [0.15, 0.2) is 42.5 Å². The van der Waals surface area contributed by atoms with E-state index < -0.39 is 4.92 Å². The third-order valence-corrected chi connectivity index (χ3v) is 5.17. The zero-order chi connectivity index (χ0) is 21.5. The van der Waals surface area contributed by atoms with Crippen LogP contribution in [0.25, 0.3) is 0 Å². The van der Waals surface area contributed by atoms with Gasteiger partial charge in [-0.25, -0.2) is 0 Å². The van der Waals surface area contributed by atoms with Gasteiger partial charge in [-0.1, -0.05) is 12.1 Å². The van der Waals surface area contributed by atoms with Gasteiger partial charge in [-0.3, -0.25) is 19.8 Å². The lowest BCUT2D eigenvalue weighted by Gasteiger charge is -2.36. The van der Waals surface area contributed by atoms with E-state index in [-0.39, 0.29) is 22.9 Å². The normalized spacial score (nSPS) is 14.4. The SMILES string of the molecule is CCOc1ccc(C(=O)NCCN2CCN(c3cccc(C)c3)CC2)cc1[N+](=O)[O-]. The van der Waals surface area contributed by atoms with E-state index in [2.05, 4.69) is 46.3 Å². The van der Waals surface area contributed by atoms with Gasteiger partial charge in [0.15, 0.2) is 5.75 Å². The van der Waals surface area contributed by atoms with Crippen molar-refractivity contribution in [2.45, 2.75) is 13.8 Å². The number of rotatable bonds is 8. The molecule has 1 amide bonds. The number of nitro groups is 1. The highest BCUT2D eigenvalue weighted by Crippen LogP contribution is 2.28. The van der Waals surface area contributed by atoms with Crippen molar-refractivity contribution in [3.8, 4) is 5.75 Å². The number of nitrogens with zero attached hydrogens (tertiary/aromatic N) is 3. The van der Waals surface area contributed by atoms with E-state index in [0.29, 0.717) is 13.2 Å². The fourth-order valence-electron chi connectivity index (χ4n) is 3.56. The molecule has 0 radical (unpaired) electrons. The number of nitro benzene ring substituents is 1. The van der Waals surface area contributed by atoms with Crippen LogP contribution >= 0.6 is 0 Å². The second kappa shape index (κ2) is 10.1. The molecule has 0 aromatic heterocycles. The number of anilines is 1. The number of hydrogen-bond donors (Lipinski definition) is 1. The molecule has 3 rings (SSSR count). The zero-order valence-electron chi connectivity index (χ0n) is 17.5. The number of carbonyl (C=O) groups is 1. The Morgan fingerprint density at radius 3 is 2.60 bits per heavy atom. The summed E-state index contributed by atoms with van der Waals surface area (Å²) in [5, 5.41) is 14.1. The molecule has 0 atom stereocenters. The molecule has 160 valence electrons. The van der Waals surface area contributed by atoms with E-state index >= 15 is 0 Å². The van der Waals surface area contributed by atoms with Crippen molar-refractivity contribution in [1.29, 1.82) is 0 Å². The Hall–Kier alpha value is -3.13. The maximum Gasteiger partial charge on any atom is 0.311 e. The van der Waals surface area contributed by atoms with Gasteiger partial charge < -0.3 is 15.0 Å². The quantitative estimate of drug-likeness (QED) is 0.530. The number of nitrogens with one attached hydrogen (secondary N) is 1. The van der Waals surface area contributed by atoms with E-state index in [1.165, 1.54) is 23.4 Å². The number of amides is 1. The molecule has 1 aliphatic rings. The van der Waals surface area contributed by atoms with E-state index in [9.17, 15) is 14.9 Å². The second-order valence-electron chi connectivity index (χ2n) is 7.30. The van der Waals surface area contributed by atoms with E-state index in [1.54, 1.807) is 13.0 Å². The van der Waals surface area contributed by atoms with Crippen molar-refractivity contribution in [2.24, 2.45) is 0 Å². The third kappa shape index (κ3) is 5.48. The molecule has 1 fully saturated rings. The molecule has 0 spiro atoms. The van der Waals surface area contributed by atoms with Gasteiger partial charge in [0.1, 0.15) is 0 Å². The summed E-state index contributed by atoms with van der Waals surface area (Å²) in [5.41, 5.74) is 2.57. The summed E-state index contributed by atoms with van der Waals surface area (Å²) in [6, 6.07) is 12.8. The van der Waals surface area contributed by atoms with Crippen LogP contribution in [0.5, 0.6) is 5.75 Å². The maximum atomic E-state index is 12.4. The molecule has 8 heteroatoms. The lowest BCUT2D eigenvalue weighted by molar-refractivity contribution is -0.385. The van der Waals surface area contributed by atoms with Crippen LogP contribution in [0, 0.1) is 17.0 Å². The van der Waals surface area contributed by atoms with Crippen LogP contribution < -0.4 is 15.0 Å². The Bertz CT molecular complexity index is 894. The average Bonchev–Trinajstić information content (AvgIpc) is 2.74. The molecule has 0 unspecified atom stereocenters. The van der Waals surface area contributed by atoms with Crippen LogP contribution in [0.1, 0.15) is 22.8 Å². The van der Waals surface area contributed by atoms with Gasteiger partial charge in [0.2, 0.25) is 0 Å². The number of benzene rings is 2. The molecule has 0 saturated carbocycles. The predicted molar refractivity (Wildman–Crippen MR) is 116 cm³/mol. The minimum absolute atomic E-state index is 0.172. The Labute approximate surface area is 176 Å². The molecule has 0 aliphatic carbocycles. The molecule has 2 aromatic carbocycles. The van der Waals surface area contributed by atoms with Crippen LogP contribution in [-0.4, -0.2) is 61.6 Å². The van der Waals surface area contributed by atoms with Crippen LogP contribution in [0.3, 0.4) is 0 Å². The average molecular weight is 412 g/mol. The molecule has 1 aliphatic heterocycles. The predicted octanol–water partition coefficient (Wildman–Crippen LogP) is 2.85. The first-order valence-electron chi connectivity index (χ1n) is 10.2. The molecule has 2 aromatic rings. The number of piperazine rings is 1. The van der Waals surface area contributed by atoms with Gasteiger partial charge in [0.25, 0.3) is 5.91 Å². The Morgan fingerprint density at radius 2 is 1.93 bits per heavy atom. The lowest BCUT2D eigenvalue weighted by atomic mass is 10.1. The molecule has 30 heavy (non-hydrogen) atoms. The summed E-state index contributed by atoms with van der Waals surface area (Å²) < 4.78 is 5.26. The van der Waals surface area contributed by atoms with Crippen molar-refractivity contribution < 1.29 is 14.5 Å². The van der Waals surface area contributed by atoms with Crippen molar-refractivity contribution in [3.63, 3.8) is 0 Å². The monoisotopic (exact) mass is 412 g/mol.